The van der Waals surface area contributed by atoms with Crippen molar-refractivity contribution < 1.29 is 5.11 Å². The lowest BCUT2D eigenvalue weighted by Crippen LogP contribution is -2.26. The van der Waals surface area contributed by atoms with Gasteiger partial charge in [0.05, 0.1) is 12.6 Å². The second-order valence-electron chi connectivity index (χ2n) is 4.53. The first-order valence-corrected chi connectivity index (χ1v) is 7.02. The van der Waals surface area contributed by atoms with Gasteiger partial charge < -0.3 is 10.4 Å². The Balaban J connectivity index is 2.04. The minimum Gasteiger partial charge on any atom is -0.394 e. The van der Waals surface area contributed by atoms with Gasteiger partial charge in [0.25, 0.3) is 0 Å². The van der Waals surface area contributed by atoms with Gasteiger partial charge in [0, 0.05) is 10.7 Å². The molecule has 0 aliphatic rings. The number of hydrogen-bond donors (Lipinski definition) is 2. The highest BCUT2D eigenvalue weighted by atomic mass is 79.9. The van der Waals surface area contributed by atoms with E-state index in [9.17, 15) is 5.11 Å². The molecule has 0 amide bonds. The van der Waals surface area contributed by atoms with Crippen LogP contribution in [0.1, 0.15) is 11.1 Å². The Kier molecular flexibility index (Phi) is 4.93. The molecule has 1 atom stereocenters. The van der Waals surface area contributed by atoms with Crippen LogP contribution in [0.15, 0.2) is 47.1 Å². The molecule has 0 bridgehead atoms. The SMILES string of the molecule is Cc1cc(NC(CO)Cc2ccccc2)ncc1Br. The molecule has 2 aromatic rings. The summed E-state index contributed by atoms with van der Waals surface area (Å²) < 4.78 is 0.988. The third-order valence-electron chi connectivity index (χ3n) is 2.94. The molecule has 1 aromatic carbocycles. The number of nitrogens with zero attached hydrogens (tertiary/aromatic N) is 1. The zero-order valence-corrected chi connectivity index (χ0v) is 12.4. The minimum atomic E-state index is -0.0320. The molecule has 1 unspecified atom stereocenters. The number of benzene rings is 1. The third kappa shape index (κ3) is 4.04. The van der Waals surface area contributed by atoms with Crippen molar-refractivity contribution in [2.75, 3.05) is 11.9 Å². The van der Waals surface area contributed by atoms with Crippen molar-refractivity contribution in [3.8, 4) is 0 Å². The van der Waals surface area contributed by atoms with Crippen molar-refractivity contribution in [1.29, 1.82) is 0 Å². The van der Waals surface area contributed by atoms with E-state index in [0.29, 0.717) is 0 Å². The first-order valence-electron chi connectivity index (χ1n) is 6.22. The molecule has 1 heterocycles. The van der Waals surface area contributed by atoms with Crippen LogP contribution in [0.25, 0.3) is 0 Å². The van der Waals surface area contributed by atoms with Crippen LogP contribution in [0, 0.1) is 6.92 Å². The van der Waals surface area contributed by atoms with E-state index in [1.54, 1.807) is 6.20 Å². The van der Waals surface area contributed by atoms with Gasteiger partial charge in [-0.1, -0.05) is 30.3 Å². The van der Waals surface area contributed by atoms with Gasteiger partial charge in [0.15, 0.2) is 0 Å². The summed E-state index contributed by atoms with van der Waals surface area (Å²) in [6.07, 6.45) is 2.54. The Morgan fingerprint density at radius 1 is 1.32 bits per heavy atom. The molecule has 100 valence electrons. The standard InChI is InChI=1S/C15H17BrN2O/c1-11-7-15(17-9-14(11)16)18-13(10-19)8-12-5-3-2-4-6-12/h2-7,9,13,19H,8,10H2,1H3,(H,17,18). The summed E-state index contributed by atoms with van der Waals surface area (Å²) in [5.41, 5.74) is 2.32. The molecule has 2 N–H and O–H groups in total. The molecule has 4 heteroatoms. The number of aryl methyl sites for hydroxylation is 1. The topological polar surface area (TPSA) is 45.1 Å². The average molecular weight is 321 g/mol. The fourth-order valence-corrected chi connectivity index (χ4v) is 2.10. The summed E-state index contributed by atoms with van der Waals surface area (Å²) in [5.74, 6) is 0.788. The molecular formula is C15H17BrN2O. The molecule has 19 heavy (non-hydrogen) atoms. The normalized spacial score (nSPS) is 12.2. The fraction of sp³-hybridized carbons (Fsp3) is 0.267. The Hall–Kier alpha value is -1.39. The molecule has 3 nitrogen and oxygen atoms in total. The van der Waals surface area contributed by atoms with E-state index < -0.39 is 0 Å². The number of aliphatic hydroxyl groups is 1. The van der Waals surface area contributed by atoms with Crippen molar-refractivity contribution >= 4 is 21.7 Å². The minimum absolute atomic E-state index is 0.0320. The summed E-state index contributed by atoms with van der Waals surface area (Å²) in [4.78, 5) is 4.30. The maximum Gasteiger partial charge on any atom is 0.126 e. The maximum absolute atomic E-state index is 9.47. The number of halogens is 1. The monoisotopic (exact) mass is 320 g/mol. The quantitative estimate of drug-likeness (QED) is 0.889. The predicted octanol–water partition coefficient (Wildman–Crippen LogP) is 3.17. The number of anilines is 1. The van der Waals surface area contributed by atoms with E-state index in [1.807, 2.05) is 31.2 Å². The van der Waals surface area contributed by atoms with Crippen LogP contribution in [0.3, 0.4) is 0 Å². The Bertz CT molecular complexity index is 531. The average Bonchev–Trinajstić information content (AvgIpc) is 2.43. The molecule has 0 radical (unpaired) electrons. The molecule has 1 aromatic heterocycles. The van der Waals surface area contributed by atoms with Crippen LogP contribution >= 0.6 is 15.9 Å². The number of hydrogen-bond acceptors (Lipinski definition) is 3. The molecule has 0 fully saturated rings. The fourth-order valence-electron chi connectivity index (χ4n) is 1.89. The summed E-state index contributed by atoms with van der Waals surface area (Å²) in [6.45, 7) is 2.09. The van der Waals surface area contributed by atoms with Crippen LogP contribution in [-0.4, -0.2) is 22.7 Å². The number of aliphatic hydroxyl groups excluding tert-OH is 1. The zero-order valence-electron chi connectivity index (χ0n) is 10.8. The lowest BCUT2D eigenvalue weighted by Gasteiger charge is -2.17. The van der Waals surface area contributed by atoms with Crippen molar-refractivity contribution in [3.05, 3.63) is 58.2 Å². The lowest BCUT2D eigenvalue weighted by atomic mass is 10.1. The van der Waals surface area contributed by atoms with E-state index in [4.69, 9.17) is 0 Å². The summed E-state index contributed by atoms with van der Waals surface area (Å²) in [7, 11) is 0. The van der Waals surface area contributed by atoms with Crippen molar-refractivity contribution in [1.82, 2.24) is 4.98 Å². The summed E-state index contributed by atoms with van der Waals surface area (Å²) in [5, 5.41) is 12.7. The first kappa shape index (κ1) is 14.0. The predicted molar refractivity (Wildman–Crippen MR) is 81.3 cm³/mol. The van der Waals surface area contributed by atoms with Crippen LogP contribution in [-0.2, 0) is 6.42 Å². The highest BCUT2D eigenvalue weighted by Crippen LogP contribution is 2.18. The van der Waals surface area contributed by atoms with E-state index >= 15 is 0 Å². The molecular weight excluding hydrogens is 304 g/mol. The van der Waals surface area contributed by atoms with Crippen molar-refractivity contribution in [3.63, 3.8) is 0 Å². The summed E-state index contributed by atoms with van der Waals surface area (Å²) >= 11 is 3.43. The van der Waals surface area contributed by atoms with Crippen LogP contribution in [0.4, 0.5) is 5.82 Å². The van der Waals surface area contributed by atoms with E-state index in [-0.39, 0.29) is 12.6 Å². The van der Waals surface area contributed by atoms with E-state index in [0.717, 1.165) is 22.3 Å². The molecule has 0 aliphatic heterocycles. The first-order chi connectivity index (χ1) is 9.19. The lowest BCUT2D eigenvalue weighted by molar-refractivity contribution is 0.273. The second-order valence-corrected chi connectivity index (χ2v) is 5.39. The Morgan fingerprint density at radius 3 is 2.68 bits per heavy atom. The number of aromatic nitrogens is 1. The maximum atomic E-state index is 9.47. The van der Waals surface area contributed by atoms with Crippen molar-refractivity contribution in [2.24, 2.45) is 0 Å². The number of nitrogens with one attached hydrogen (secondary N) is 1. The zero-order chi connectivity index (χ0) is 13.7. The molecule has 0 saturated carbocycles. The smallest absolute Gasteiger partial charge is 0.126 e. The highest BCUT2D eigenvalue weighted by Gasteiger charge is 2.09. The van der Waals surface area contributed by atoms with Gasteiger partial charge in [-0.15, -0.1) is 0 Å². The van der Waals surface area contributed by atoms with Gasteiger partial charge in [-0.25, -0.2) is 4.98 Å². The van der Waals surface area contributed by atoms with Crippen LogP contribution in [0.5, 0.6) is 0 Å². The van der Waals surface area contributed by atoms with Gasteiger partial charge in [-0.05, 0) is 46.5 Å². The van der Waals surface area contributed by atoms with Gasteiger partial charge in [0.2, 0.25) is 0 Å². The molecule has 2 rings (SSSR count). The van der Waals surface area contributed by atoms with Crippen molar-refractivity contribution in [2.45, 2.75) is 19.4 Å². The summed E-state index contributed by atoms with van der Waals surface area (Å²) in [6, 6.07) is 12.1. The van der Waals surface area contributed by atoms with Gasteiger partial charge in [-0.3, -0.25) is 0 Å². The second kappa shape index (κ2) is 6.68. The van der Waals surface area contributed by atoms with Gasteiger partial charge in [-0.2, -0.15) is 0 Å². The number of pyridine rings is 1. The van der Waals surface area contributed by atoms with Crippen LogP contribution < -0.4 is 5.32 Å². The highest BCUT2D eigenvalue weighted by molar-refractivity contribution is 9.10. The molecule has 0 aliphatic carbocycles. The van der Waals surface area contributed by atoms with Gasteiger partial charge >= 0.3 is 0 Å². The molecule has 0 spiro atoms. The Morgan fingerprint density at radius 2 is 2.05 bits per heavy atom. The third-order valence-corrected chi connectivity index (χ3v) is 3.77. The van der Waals surface area contributed by atoms with Gasteiger partial charge in [0.1, 0.15) is 5.82 Å². The molecule has 0 saturated heterocycles. The largest absolute Gasteiger partial charge is 0.394 e. The number of rotatable bonds is 5. The Labute approximate surface area is 121 Å². The van der Waals surface area contributed by atoms with Crippen LogP contribution in [0.2, 0.25) is 0 Å². The van der Waals surface area contributed by atoms with E-state index in [1.165, 1.54) is 5.56 Å². The van der Waals surface area contributed by atoms with E-state index in [2.05, 4.69) is 38.4 Å².